The number of halogens is 1. The van der Waals surface area contributed by atoms with E-state index in [0.717, 1.165) is 28.2 Å². The number of hydrogen-bond acceptors (Lipinski definition) is 2. The van der Waals surface area contributed by atoms with Gasteiger partial charge in [0.25, 0.3) is 0 Å². The van der Waals surface area contributed by atoms with Gasteiger partial charge in [-0.25, -0.2) is 4.98 Å². The standard InChI is InChI=1S/C15H11ClN2O/c16-13-4-1-11(2-5-13)7-15-17-8-14-6-3-12(10-19)9-18(14)15/h1-6,8-10H,7H2. The molecule has 3 nitrogen and oxygen atoms in total. The van der Waals surface area contributed by atoms with Crippen LogP contribution in [0.3, 0.4) is 0 Å². The summed E-state index contributed by atoms with van der Waals surface area (Å²) in [5.41, 5.74) is 2.76. The molecule has 0 saturated carbocycles. The zero-order valence-electron chi connectivity index (χ0n) is 10.1. The first-order valence-corrected chi connectivity index (χ1v) is 6.30. The van der Waals surface area contributed by atoms with E-state index in [4.69, 9.17) is 11.6 Å². The average Bonchev–Trinajstić information content (AvgIpc) is 2.84. The molecule has 2 heterocycles. The van der Waals surface area contributed by atoms with Crippen LogP contribution in [0.25, 0.3) is 5.52 Å². The van der Waals surface area contributed by atoms with E-state index in [-0.39, 0.29) is 0 Å². The first kappa shape index (κ1) is 11.9. The van der Waals surface area contributed by atoms with E-state index < -0.39 is 0 Å². The molecule has 0 radical (unpaired) electrons. The van der Waals surface area contributed by atoms with Crippen LogP contribution in [0.15, 0.2) is 48.8 Å². The van der Waals surface area contributed by atoms with Gasteiger partial charge in [-0.2, -0.15) is 0 Å². The van der Waals surface area contributed by atoms with Crippen molar-refractivity contribution in [2.24, 2.45) is 0 Å². The van der Waals surface area contributed by atoms with Crippen LogP contribution in [-0.4, -0.2) is 15.7 Å². The summed E-state index contributed by atoms with van der Waals surface area (Å²) in [6, 6.07) is 11.4. The summed E-state index contributed by atoms with van der Waals surface area (Å²) in [6.07, 6.45) is 5.15. The average molecular weight is 271 g/mol. The Bertz CT molecular complexity index is 731. The Kier molecular flexibility index (Phi) is 3.05. The van der Waals surface area contributed by atoms with Gasteiger partial charge in [-0.3, -0.25) is 4.79 Å². The summed E-state index contributed by atoms with van der Waals surface area (Å²) >= 11 is 5.87. The summed E-state index contributed by atoms with van der Waals surface area (Å²) in [4.78, 5) is 15.2. The molecule has 0 atom stereocenters. The minimum absolute atomic E-state index is 0.642. The zero-order valence-corrected chi connectivity index (χ0v) is 10.8. The van der Waals surface area contributed by atoms with Gasteiger partial charge in [-0.1, -0.05) is 23.7 Å². The Morgan fingerprint density at radius 1 is 1.16 bits per heavy atom. The second-order valence-electron chi connectivity index (χ2n) is 4.35. The number of imidazole rings is 1. The highest BCUT2D eigenvalue weighted by atomic mass is 35.5. The summed E-state index contributed by atoms with van der Waals surface area (Å²) in [6.45, 7) is 0. The van der Waals surface area contributed by atoms with E-state index in [1.165, 1.54) is 0 Å². The fraction of sp³-hybridized carbons (Fsp3) is 0.0667. The molecule has 0 aliphatic carbocycles. The number of benzene rings is 1. The molecule has 0 bridgehead atoms. The molecule has 3 rings (SSSR count). The van der Waals surface area contributed by atoms with E-state index in [1.807, 2.05) is 34.7 Å². The fourth-order valence-corrected chi connectivity index (χ4v) is 2.17. The summed E-state index contributed by atoms with van der Waals surface area (Å²) in [5, 5.41) is 0.722. The van der Waals surface area contributed by atoms with E-state index in [9.17, 15) is 4.79 Å². The highest BCUT2D eigenvalue weighted by Gasteiger charge is 2.05. The SMILES string of the molecule is O=Cc1ccc2cnc(Cc3ccc(Cl)cc3)n2c1. The molecule has 3 aromatic rings. The Morgan fingerprint density at radius 3 is 2.68 bits per heavy atom. The molecule has 94 valence electrons. The van der Waals surface area contributed by atoms with Crippen molar-refractivity contribution in [1.82, 2.24) is 9.38 Å². The van der Waals surface area contributed by atoms with E-state index >= 15 is 0 Å². The van der Waals surface area contributed by atoms with Crippen molar-refractivity contribution in [2.45, 2.75) is 6.42 Å². The number of pyridine rings is 1. The van der Waals surface area contributed by atoms with Gasteiger partial charge in [0.2, 0.25) is 0 Å². The van der Waals surface area contributed by atoms with Gasteiger partial charge in [-0.05, 0) is 29.8 Å². The molecule has 0 N–H and O–H groups in total. The lowest BCUT2D eigenvalue weighted by Gasteiger charge is -2.03. The quantitative estimate of drug-likeness (QED) is 0.684. The molecular weight excluding hydrogens is 260 g/mol. The number of aldehydes is 1. The van der Waals surface area contributed by atoms with Crippen LogP contribution in [0.5, 0.6) is 0 Å². The molecule has 1 aromatic carbocycles. The van der Waals surface area contributed by atoms with Crippen molar-refractivity contribution in [2.75, 3.05) is 0 Å². The van der Waals surface area contributed by atoms with Gasteiger partial charge in [0.1, 0.15) is 5.82 Å². The summed E-state index contributed by atoms with van der Waals surface area (Å²) < 4.78 is 1.94. The van der Waals surface area contributed by atoms with E-state index in [1.54, 1.807) is 18.5 Å². The third-order valence-corrected chi connectivity index (χ3v) is 3.29. The predicted molar refractivity (Wildman–Crippen MR) is 74.8 cm³/mol. The van der Waals surface area contributed by atoms with Crippen LogP contribution in [-0.2, 0) is 6.42 Å². The maximum absolute atomic E-state index is 10.8. The lowest BCUT2D eigenvalue weighted by Crippen LogP contribution is -1.97. The molecule has 0 aliphatic heterocycles. The maximum Gasteiger partial charge on any atom is 0.151 e. The van der Waals surface area contributed by atoms with Gasteiger partial charge in [0, 0.05) is 23.2 Å². The topological polar surface area (TPSA) is 34.4 Å². The molecule has 0 unspecified atom stereocenters. The minimum Gasteiger partial charge on any atom is -0.303 e. The normalized spacial score (nSPS) is 10.8. The van der Waals surface area contributed by atoms with E-state index in [0.29, 0.717) is 12.0 Å². The van der Waals surface area contributed by atoms with Gasteiger partial charge >= 0.3 is 0 Å². The van der Waals surface area contributed by atoms with Gasteiger partial charge in [-0.15, -0.1) is 0 Å². The highest BCUT2D eigenvalue weighted by molar-refractivity contribution is 6.30. The second kappa shape index (κ2) is 4.86. The first-order chi connectivity index (χ1) is 9.26. The fourth-order valence-electron chi connectivity index (χ4n) is 2.05. The molecule has 0 saturated heterocycles. The molecule has 0 spiro atoms. The number of aromatic nitrogens is 2. The molecule has 4 heteroatoms. The second-order valence-corrected chi connectivity index (χ2v) is 4.79. The van der Waals surface area contributed by atoms with Crippen molar-refractivity contribution in [3.05, 3.63) is 70.8 Å². The third kappa shape index (κ3) is 2.37. The number of hydrogen-bond donors (Lipinski definition) is 0. The summed E-state index contributed by atoms with van der Waals surface area (Å²) in [5.74, 6) is 0.904. The van der Waals surface area contributed by atoms with Crippen LogP contribution in [0.1, 0.15) is 21.7 Å². The van der Waals surface area contributed by atoms with Crippen LogP contribution in [0.2, 0.25) is 5.02 Å². The first-order valence-electron chi connectivity index (χ1n) is 5.92. The van der Waals surface area contributed by atoms with Crippen molar-refractivity contribution in [1.29, 1.82) is 0 Å². The molecule has 2 aromatic heterocycles. The number of rotatable bonds is 3. The van der Waals surface area contributed by atoms with Crippen LogP contribution in [0.4, 0.5) is 0 Å². The molecule has 0 aliphatic rings. The smallest absolute Gasteiger partial charge is 0.151 e. The Balaban J connectivity index is 2.00. The molecular formula is C15H11ClN2O. The van der Waals surface area contributed by atoms with Gasteiger partial charge in [0.05, 0.1) is 11.7 Å². The van der Waals surface area contributed by atoms with Gasteiger partial charge < -0.3 is 4.40 Å². The molecule has 0 amide bonds. The predicted octanol–water partition coefficient (Wildman–Crippen LogP) is 3.39. The number of carbonyl (C=O) groups excluding carboxylic acids is 1. The van der Waals surface area contributed by atoms with Crippen molar-refractivity contribution in [3.63, 3.8) is 0 Å². The highest BCUT2D eigenvalue weighted by Crippen LogP contribution is 2.15. The molecule has 0 fully saturated rings. The lowest BCUT2D eigenvalue weighted by atomic mass is 10.1. The van der Waals surface area contributed by atoms with Crippen molar-refractivity contribution >= 4 is 23.4 Å². The number of carbonyl (C=O) groups is 1. The minimum atomic E-state index is 0.642. The monoisotopic (exact) mass is 270 g/mol. The number of fused-ring (bicyclic) bond motifs is 1. The van der Waals surface area contributed by atoms with Crippen LogP contribution >= 0.6 is 11.6 Å². The maximum atomic E-state index is 10.8. The molecule has 19 heavy (non-hydrogen) atoms. The zero-order chi connectivity index (χ0) is 13.2. The lowest BCUT2D eigenvalue weighted by molar-refractivity contribution is 0.112. The van der Waals surface area contributed by atoms with Crippen LogP contribution < -0.4 is 0 Å². The Hall–Kier alpha value is -2.13. The largest absolute Gasteiger partial charge is 0.303 e. The summed E-state index contributed by atoms with van der Waals surface area (Å²) in [7, 11) is 0. The Labute approximate surface area is 115 Å². The van der Waals surface area contributed by atoms with Crippen LogP contribution in [0, 0.1) is 0 Å². The van der Waals surface area contributed by atoms with E-state index in [2.05, 4.69) is 4.98 Å². The van der Waals surface area contributed by atoms with Crippen molar-refractivity contribution < 1.29 is 4.79 Å². The van der Waals surface area contributed by atoms with Gasteiger partial charge in [0.15, 0.2) is 6.29 Å². The number of nitrogens with zero attached hydrogens (tertiary/aromatic N) is 2. The third-order valence-electron chi connectivity index (χ3n) is 3.04. The Morgan fingerprint density at radius 2 is 1.95 bits per heavy atom. The van der Waals surface area contributed by atoms with Crippen molar-refractivity contribution in [3.8, 4) is 0 Å².